The van der Waals surface area contributed by atoms with Crippen LogP contribution in [0.1, 0.15) is 37.9 Å². The van der Waals surface area contributed by atoms with Gasteiger partial charge in [-0.3, -0.25) is 0 Å². The number of allylic oxidation sites excluding steroid dienone is 1. The lowest BCUT2D eigenvalue weighted by molar-refractivity contribution is -0.139. The van der Waals surface area contributed by atoms with Gasteiger partial charge in [0.15, 0.2) is 6.29 Å². The van der Waals surface area contributed by atoms with Crippen LogP contribution in [0, 0.1) is 0 Å². The van der Waals surface area contributed by atoms with Crippen molar-refractivity contribution in [1.29, 1.82) is 0 Å². The third-order valence-electron chi connectivity index (χ3n) is 5.26. The largest absolute Gasteiger partial charge is 0.463 e. The first-order chi connectivity index (χ1) is 13.1. The molecule has 0 amide bonds. The van der Waals surface area contributed by atoms with Gasteiger partial charge in [0.2, 0.25) is 0 Å². The lowest BCUT2D eigenvalue weighted by Crippen LogP contribution is -2.53. The first-order valence-electron chi connectivity index (χ1n) is 9.51. The Balaban J connectivity index is 1.85. The molecule has 2 N–H and O–H groups in total. The SMILES string of the molecule is CCOC(=O)C1=C(C)NC2Nc3ccccc3N2C1c1ccc(CC)cc1. The van der Waals surface area contributed by atoms with Crippen LogP contribution in [0.25, 0.3) is 0 Å². The average molecular weight is 363 g/mol. The molecule has 140 valence electrons. The van der Waals surface area contributed by atoms with Crippen LogP contribution in [-0.4, -0.2) is 18.9 Å². The van der Waals surface area contributed by atoms with Crippen LogP contribution >= 0.6 is 0 Å². The smallest absolute Gasteiger partial charge is 0.338 e. The molecule has 2 atom stereocenters. The van der Waals surface area contributed by atoms with Crippen molar-refractivity contribution in [3.63, 3.8) is 0 Å². The number of nitrogens with zero attached hydrogens (tertiary/aromatic N) is 1. The number of fused-ring (bicyclic) bond motifs is 3. The standard InChI is InChI=1S/C22H25N3O2/c1-4-15-10-12-16(13-11-15)20-19(21(26)27-5-2)14(3)23-22-24-17-8-6-7-9-18(17)25(20)22/h6-13,20,22-24H,4-5H2,1-3H3. The molecule has 2 aromatic carbocycles. The minimum Gasteiger partial charge on any atom is -0.463 e. The topological polar surface area (TPSA) is 53.6 Å². The molecule has 4 rings (SSSR count). The Kier molecular flexibility index (Phi) is 4.52. The maximum Gasteiger partial charge on any atom is 0.338 e. The number of esters is 1. The third-order valence-corrected chi connectivity index (χ3v) is 5.26. The molecule has 27 heavy (non-hydrogen) atoms. The molecule has 5 heteroatoms. The van der Waals surface area contributed by atoms with Crippen molar-refractivity contribution in [2.45, 2.75) is 39.5 Å². The molecule has 0 fully saturated rings. The van der Waals surface area contributed by atoms with E-state index in [0.717, 1.165) is 29.1 Å². The Labute approximate surface area is 160 Å². The van der Waals surface area contributed by atoms with Gasteiger partial charge in [0.1, 0.15) is 0 Å². The van der Waals surface area contributed by atoms with Gasteiger partial charge in [-0.15, -0.1) is 0 Å². The molecule has 0 spiro atoms. The predicted octanol–water partition coefficient (Wildman–Crippen LogP) is 3.95. The van der Waals surface area contributed by atoms with Crippen LogP contribution in [-0.2, 0) is 16.0 Å². The van der Waals surface area contributed by atoms with Crippen LogP contribution in [0.3, 0.4) is 0 Å². The lowest BCUT2D eigenvalue weighted by atomic mass is 9.92. The van der Waals surface area contributed by atoms with Gasteiger partial charge in [0.05, 0.1) is 29.6 Å². The number of hydrogen-bond acceptors (Lipinski definition) is 5. The summed E-state index contributed by atoms with van der Waals surface area (Å²) in [5.74, 6) is -0.269. The Bertz CT molecular complexity index is 889. The molecular weight excluding hydrogens is 338 g/mol. The molecule has 2 aromatic rings. The molecule has 0 saturated heterocycles. The summed E-state index contributed by atoms with van der Waals surface area (Å²) in [6.07, 6.45) is 0.888. The maximum absolute atomic E-state index is 12.8. The molecule has 2 aliphatic rings. The number of carbonyl (C=O) groups is 1. The highest BCUT2D eigenvalue weighted by molar-refractivity contribution is 5.93. The van der Waals surface area contributed by atoms with Gasteiger partial charge in [0.25, 0.3) is 0 Å². The lowest BCUT2D eigenvalue weighted by Gasteiger charge is -2.41. The van der Waals surface area contributed by atoms with E-state index in [9.17, 15) is 4.79 Å². The van der Waals surface area contributed by atoms with E-state index >= 15 is 0 Å². The highest BCUT2D eigenvalue weighted by Crippen LogP contribution is 2.45. The summed E-state index contributed by atoms with van der Waals surface area (Å²) in [5, 5.41) is 6.94. The summed E-state index contributed by atoms with van der Waals surface area (Å²) in [6.45, 7) is 6.28. The van der Waals surface area contributed by atoms with Crippen molar-refractivity contribution in [2.24, 2.45) is 0 Å². The molecule has 2 aliphatic heterocycles. The molecule has 0 bridgehead atoms. The van der Waals surface area contributed by atoms with Crippen LogP contribution in [0.2, 0.25) is 0 Å². The third kappa shape index (κ3) is 2.93. The monoisotopic (exact) mass is 363 g/mol. The molecule has 5 nitrogen and oxygen atoms in total. The van der Waals surface area contributed by atoms with Crippen molar-refractivity contribution in [3.05, 3.63) is 70.9 Å². The number of ether oxygens (including phenoxy) is 1. The van der Waals surface area contributed by atoms with Crippen LogP contribution in [0.5, 0.6) is 0 Å². The fraction of sp³-hybridized carbons (Fsp3) is 0.318. The summed E-state index contributed by atoms with van der Waals surface area (Å²) in [4.78, 5) is 15.1. The quantitative estimate of drug-likeness (QED) is 0.806. The first-order valence-corrected chi connectivity index (χ1v) is 9.51. The number of anilines is 2. The fourth-order valence-corrected chi connectivity index (χ4v) is 3.93. The van der Waals surface area contributed by atoms with E-state index < -0.39 is 0 Å². The van der Waals surface area contributed by atoms with Gasteiger partial charge < -0.3 is 20.3 Å². The van der Waals surface area contributed by atoms with Crippen molar-refractivity contribution >= 4 is 17.3 Å². The molecule has 2 heterocycles. The highest BCUT2D eigenvalue weighted by atomic mass is 16.5. The van der Waals surface area contributed by atoms with Crippen LogP contribution < -0.4 is 15.5 Å². The number of carbonyl (C=O) groups excluding carboxylic acids is 1. The van der Waals surface area contributed by atoms with Crippen molar-refractivity contribution < 1.29 is 9.53 Å². The number of hydrogen-bond donors (Lipinski definition) is 2. The number of aryl methyl sites for hydroxylation is 1. The molecule has 0 aromatic heterocycles. The number of rotatable bonds is 4. The molecule has 0 radical (unpaired) electrons. The van der Waals surface area contributed by atoms with Gasteiger partial charge in [0, 0.05) is 5.70 Å². The van der Waals surface area contributed by atoms with Gasteiger partial charge >= 0.3 is 5.97 Å². The Morgan fingerprint density at radius 3 is 2.52 bits per heavy atom. The minimum atomic E-state index is -0.269. The summed E-state index contributed by atoms with van der Waals surface area (Å²) in [5.41, 5.74) is 6.01. The van der Waals surface area contributed by atoms with E-state index in [1.165, 1.54) is 5.56 Å². The van der Waals surface area contributed by atoms with E-state index in [1.54, 1.807) is 0 Å². The zero-order chi connectivity index (χ0) is 19.0. The van der Waals surface area contributed by atoms with E-state index in [1.807, 2.05) is 26.0 Å². The Morgan fingerprint density at radius 1 is 1.07 bits per heavy atom. The summed E-state index contributed by atoms with van der Waals surface area (Å²) in [6, 6.07) is 16.5. The zero-order valence-corrected chi connectivity index (χ0v) is 16.0. The highest BCUT2D eigenvalue weighted by Gasteiger charge is 2.43. The predicted molar refractivity (Wildman–Crippen MR) is 107 cm³/mol. The van der Waals surface area contributed by atoms with Crippen LogP contribution in [0.4, 0.5) is 11.4 Å². The summed E-state index contributed by atoms with van der Waals surface area (Å²) < 4.78 is 5.40. The summed E-state index contributed by atoms with van der Waals surface area (Å²) in [7, 11) is 0. The average Bonchev–Trinajstić information content (AvgIpc) is 3.05. The number of para-hydroxylation sites is 2. The van der Waals surface area contributed by atoms with E-state index in [-0.39, 0.29) is 18.3 Å². The fourth-order valence-electron chi connectivity index (χ4n) is 3.93. The second-order valence-electron chi connectivity index (χ2n) is 6.87. The van der Waals surface area contributed by atoms with Crippen LogP contribution in [0.15, 0.2) is 59.8 Å². The Morgan fingerprint density at radius 2 is 1.81 bits per heavy atom. The molecule has 0 aliphatic carbocycles. The van der Waals surface area contributed by atoms with Gasteiger partial charge in [-0.2, -0.15) is 0 Å². The molecule has 2 unspecified atom stereocenters. The normalized spacial score (nSPS) is 20.5. The summed E-state index contributed by atoms with van der Waals surface area (Å²) >= 11 is 0. The van der Waals surface area contributed by atoms with Crippen molar-refractivity contribution in [3.8, 4) is 0 Å². The van der Waals surface area contributed by atoms with Gasteiger partial charge in [-0.05, 0) is 43.5 Å². The molecular formula is C22H25N3O2. The van der Waals surface area contributed by atoms with Crippen molar-refractivity contribution in [2.75, 3.05) is 16.8 Å². The maximum atomic E-state index is 12.8. The van der Waals surface area contributed by atoms with Crippen molar-refractivity contribution in [1.82, 2.24) is 5.32 Å². The number of benzene rings is 2. The number of nitrogens with one attached hydrogen (secondary N) is 2. The second-order valence-corrected chi connectivity index (χ2v) is 6.87. The van der Waals surface area contributed by atoms with E-state index in [4.69, 9.17) is 4.74 Å². The first kappa shape index (κ1) is 17.5. The van der Waals surface area contributed by atoms with Gasteiger partial charge in [-0.25, -0.2) is 4.79 Å². The second kappa shape index (κ2) is 6.99. The van der Waals surface area contributed by atoms with Gasteiger partial charge in [-0.1, -0.05) is 43.3 Å². The molecule has 0 saturated carbocycles. The minimum absolute atomic E-state index is 0.101. The zero-order valence-electron chi connectivity index (χ0n) is 16.0. The van der Waals surface area contributed by atoms with E-state index in [2.05, 4.69) is 58.9 Å². The van der Waals surface area contributed by atoms with E-state index in [0.29, 0.717) is 12.2 Å². The Hall–Kier alpha value is -2.95.